The number of hydrogen-bond donors (Lipinski definition) is 1. The molecular formula is C21H24N4O3S. The third kappa shape index (κ3) is 5.68. The van der Waals surface area contributed by atoms with Crippen LogP contribution in [0.2, 0.25) is 0 Å². The molecule has 1 N–H and O–H groups in total. The van der Waals surface area contributed by atoms with E-state index in [4.69, 9.17) is 0 Å². The molecule has 0 aliphatic heterocycles. The molecule has 2 aromatic carbocycles. The number of rotatable bonds is 8. The molecule has 1 aromatic heterocycles. The third-order valence-electron chi connectivity index (χ3n) is 4.48. The van der Waals surface area contributed by atoms with Gasteiger partial charge < -0.3 is 5.32 Å². The standard InChI is InChI=1S/C21H24N4O3S/c1-17-9-11-19(12-10-17)25(29(2,27)28)16-21(26)23-20(15-24-14-6-13-22-24)18-7-4-3-5-8-18/h3-14,20H,15-16H2,1-2H3,(H,23,26). The predicted molar refractivity (Wildman–Crippen MR) is 113 cm³/mol. The Balaban J connectivity index is 1.79. The number of amides is 1. The summed E-state index contributed by atoms with van der Waals surface area (Å²) < 4.78 is 27.4. The lowest BCUT2D eigenvalue weighted by Gasteiger charge is -2.24. The first-order valence-electron chi connectivity index (χ1n) is 9.19. The van der Waals surface area contributed by atoms with Gasteiger partial charge in [-0.2, -0.15) is 5.10 Å². The molecule has 0 radical (unpaired) electrons. The number of nitrogens with one attached hydrogen (secondary N) is 1. The first kappa shape index (κ1) is 20.6. The molecule has 0 fully saturated rings. The van der Waals surface area contributed by atoms with Crippen molar-refractivity contribution in [2.24, 2.45) is 0 Å². The number of sulfonamides is 1. The van der Waals surface area contributed by atoms with Gasteiger partial charge in [-0.15, -0.1) is 0 Å². The minimum Gasteiger partial charge on any atom is -0.346 e. The van der Waals surface area contributed by atoms with Gasteiger partial charge in [-0.3, -0.25) is 13.8 Å². The fourth-order valence-electron chi connectivity index (χ4n) is 3.00. The second kappa shape index (κ2) is 8.91. The second-order valence-corrected chi connectivity index (χ2v) is 8.77. The van der Waals surface area contributed by atoms with E-state index in [9.17, 15) is 13.2 Å². The van der Waals surface area contributed by atoms with Crippen LogP contribution in [0.1, 0.15) is 17.2 Å². The molecular weight excluding hydrogens is 388 g/mol. The average molecular weight is 413 g/mol. The number of anilines is 1. The minimum absolute atomic E-state index is 0.301. The molecule has 152 valence electrons. The van der Waals surface area contributed by atoms with Crippen molar-refractivity contribution in [3.63, 3.8) is 0 Å². The molecule has 0 bridgehead atoms. The van der Waals surface area contributed by atoms with Crippen molar-refractivity contribution < 1.29 is 13.2 Å². The number of carbonyl (C=O) groups excluding carboxylic acids is 1. The molecule has 3 aromatic rings. The largest absolute Gasteiger partial charge is 0.346 e. The second-order valence-electron chi connectivity index (χ2n) is 6.86. The summed E-state index contributed by atoms with van der Waals surface area (Å²) in [6, 6.07) is 18.0. The van der Waals surface area contributed by atoms with Crippen molar-refractivity contribution in [3.05, 3.63) is 84.2 Å². The Morgan fingerprint density at radius 3 is 2.38 bits per heavy atom. The number of aryl methyl sites for hydroxylation is 1. The van der Waals surface area contributed by atoms with E-state index in [2.05, 4.69) is 10.4 Å². The average Bonchev–Trinajstić information content (AvgIpc) is 3.19. The van der Waals surface area contributed by atoms with Crippen molar-refractivity contribution >= 4 is 21.6 Å². The van der Waals surface area contributed by atoms with Crippen molar-refractivity contribution in [2.75, 3.05) is 17.1 Å². The summed E-state index contributed by atoms with van der Waals surface area (Å²) in [5.41, 5.74) is 2.38. The molecule has 1 heterocycles. The molecule has 1 amide bonds. The highest BCUT2D eigenvalue weighted by Gasteiger charge is 2.23. The highest BCUT2D eigenvalue weighted by atomic mass is 32.2. The summed E-state index contributed by atoms with van der Waals surface area (Å²) >= 11 is 0. The van der Waals surface area contributed by atoms with Gasteiger partial charge in [-0.1, -0.05) is 48.0 Å². The number of hydrogen-bond acceptors (Lipinski definition) is 4. The number of nitrogens with zero attached hydrogens (tertiary/aromatic N) is 3. The van der Waals surface area contributed by atoms with E-state index in [1.165, 1.54) is 0 Å². The van der Waals surface area contributed by atoms with Crippen LogP contribution in [0.5, 0.6) is 0 Å². The molecule has 7 nitrogen and oxygen atoms in total. The summed E-state index contributed by atoms with van der Waals surface area (Å²) in [5.74, 6) is -0.392. The summed E-state index contributed by atoms with van der Waals surface area (Å²) in [4.78, 5) is 12.8. The minimum atomic E-state index is -3.62. The van der Waals surface area contributed by atoms with E-state index in [0.717, 1.165) is 21.7 Å². The normalized spacial score (nSPS) is 12.3. The van der Waals surface area contributed by atoms with E-state index in [-0.39, 0.29) is 12.6 Å². The molecule has 29 heavy (non-hydrogen) atoms. The Morgan fingerprint density at radius 1 is 1.10 bits per heavy atom. The van der Waals surface area contributed by atoms with Gasteiger partial charge >= 0.3 is 0 Å². The maximum absolute atomic E-state index is 12.8. The summed E-state index contributed by atoms with van der Waals surface area (Å²) in [5, 5.41) is 7.15. The maximum atomic E-state index is 12.8. The van der Waals surface area contributed by atoms with Gasteiger partial charge in [-0.05, 0) is 30.7 Å². The molecule has 0 saturated heterocycles. The molecule has 1 unspecified atom stereocenters. The zero-order chi connectivity index (χ0) is 20.9. The monoisotopic (exact) mass is 412 g/mol. The first-order valence-corrected chi connectivity index (χ1v) is 11.0. The number of benzene rings is 2. The molecule has 1 atom stereocenters. The molecule has 0 saturated carbocycles. The topological polar surface area (TPSA) is 84.3 Å². The lowest BCUT2D eigenvalue weighted by atomic mass is 10.1. The first-order chi connectivity index (χ1) is 13.8. The molecule has 8 heteroatoms. The van der Waals surface area contributed by atoms with E-state index in [1.54, 1.807) is 23.0 Å². The quantitative estimate of drug-likeness (QED) is 0.616. The molecule has 3 rings (SSSR count). The third-order valence-corrected chi connectivity index (χ3v) is 5.62. The fraction of sp³-hybridized carbons (Fsp3) is 0.238. The van der Waals surface area contributed by atoms with Crippen LogP contribution < -0.4 is 9.62 Å². The van der Waals surface area contributed by atoms with Gasteiger partial charge in [-0.25, -0.2) is 8.42 Å². The molecule has 0 spiro atoms. The van der Waals surface area contributed by atoms with Crippen LogP contribution in [0.15, 0.2) is 73.1 Å². The lowest BCUT2D eigenvalue weighted by Crippen LogP contribution is -2.42. The van der Waals surface area contributed by atoms with E-state index >= 15 is 0 Å². The van der Waals surface area contributed by atoms with Crippen molar-refractivity contribution in [3.8, 4) is 0 Å². The highest BCUT2D eigenvalue weighted by Crippen LogP contribution is 2.19. The zero-order valence-electron chi connectivity index (χ0n) is 16.4. The fourth-order valence-corrected chi connectivity index (χ4v) is 3.85. The van der Waals surface area contributed by atoms with Crippen molar-refractivity contribution in [2.45, 2.75) is 19.5 Å². The maximum Gasteiger partial charge on any atom is 0.241 e. The Bertz CT molecular complexity index is 1030. The van der Waals surface area contributed by atoms with Gasteiger partial charge in [0.25, 0.3) is 0 Å². The van der Waals surface area contributed by atoms with Crippen molar-refractivity contribution in [1.82, 2.24) is 15.1 Å². The van der Waals surface area contributed by atoms with Crippen LogP contribution in [-0.4, -0.2) is 36.9 Å². The van der Waals surface area contributed by atoms with Crippen LogP contribution in [-0.2, 0) is 21.4 Å². The Labute approximate surface area is 171 Å². The van der Waals surface area contributed by atoms with Crippen LogP contribution in [0.4, 0.5) is 5.69 Å². The van der Waals surface area contributed by atoms with Crippen LogP contribution >= 0.6 is 0 Å². The van der Waals surface area contributed by atoms with Crippen LogP contribution in [0.3, 0.4) is 0 Å². The zero-order valence-corrected chi connectivity index (χ0v) is 17.2. The van der Waals surface area contributed by atoms with Gasteiger partial charge in [0.2, 0.25) is 15.9 Å². The van der Waals surface area contributed by atoms with E-state index < -0.39 is 15.9 Å². The smallest absolute Gasteiger partial charge is 0.241 e. The molecule has 0 aliphatic rings. The highest BCUT2D eigenvalue weighted by molar-refractivity contribution is 7.92. The predicted octanol–water partition coefficient (Wildman–Crippen LogP) is 2.52. The summed E-state index contributed by atoms with van der Waals surface area (Å²) in [6.07, 6.45) is 4.59. The van der Waals surface area contributed by atoms with E-state index in [0.29, 0.717) is 12.2 Å². The Morgan fingerprint density at radius 2 is 1.79 bits per heavy atom. The number of aromatic nitrogens is 2. The van der Waals surface area contributed by atoms with Crippen molar-refractivity contribution in [1.29, 1.82) is 0 Å². The molecule has 0 aliphatic carbocycles. The van der Waals surface area contributed by atoms with Gasteiger partial charge in [0.05, 0.1) is 24.5 Å². The summed E-state index contributed by atoms with van der Waals surface area (Å²) in [6.45, 7) is 2.05. The van der Waals surface area contributed by atoms with Crippen LogP contribution in [0, 0.1) is 6.92 Å². The lowest BCUT2D eigenvalue weighted by molar-refractivity contribution is -0.120. The Kier molecular flexibility index (Phi) is 6.33. The summed E-state index contributed by atoms with van der Waals surface area (Å²) in [7, 11) is -3.62. The Hall–Kier alpha value is -3.13. The van der Waals surface area contributed by atoms with Gasteiger partial charge in [0, 0.05) is 12.4 Å². The van der Waals surface area contributed by atoms with Crippen LogP contribution in [0.25, 0.3) is 0 Å². The van der Waals surface area contributed by atoms with E-state index in [1.807, 2.05) is 61.7 Å². The number of carbonyl (C=O) groups is 1. The van der Waals surface area contributed by atoms with Gasteiger partial charge in [0.1, 0.15) is 6.54 Å². The SMILES string of the molecule is Cc1ccc(N(CC(=O)NC(Cn2cccn2)c2ccccc2)S(C)(=O)=O)cc1. The van der Waals surface area contributed by atoms with Gasteiger partial charge in [0.15, 0.2) is 0 Å².